The molecular formula is C5H9Cl4O4P. The number of phosphoric ester groups is 1. The molecule has 1 atom stereocenters. The minimum Gasteiger partial charge on any atom is -0.302 e. The van der Waals surface area contributed by atoms with Crippen LogP contribution in [0.15, 0.2) is 0 Å². The number of alkyl halides is 4. The summed E-state index contributed by atoms with van der Waals surface area (Å²) in [4.78, 5) is 9.09. The van der Waals surface area contributed by atoms with Crippen LogP contribution in [0.25, 0.3) is 0 Å². The van der Waals surface area contributed by atoms with E-state index in [1.165, 1.54) is 0 Å². The molecule has 0 aliphatic rings. The summed E-state index contributed by atoms with van der Waals surface area (Å²) in [5, 5.41) is 0. The van der Waals surface area contributed by atoms with Gasteiger partial charge in [-0.2, -0.15) is 0 Å². The van der Waals surface area contributed by atoms with E-state index < -0.39 is 16.9 Å². The minimum absolute atomic E-state index is 0.0886. The first kappa shape index (κ1) is 15.3. The molecule has 9 heteroatoms. The quantitative estimate of drug-likeness (QED) is 0.620. The second kappa shape index (κ2) is 5.07. The molecular weight excluding hydrogens is 297 g/mol. The van der Waals surface area contributed by atoms with Gasteiger partial charge in [-0.1, -0.05) is 53.3 Å². The third-order valence-corrected chi connectivity index (χ3v) is 3.35. The molecule has 1 N–H and O–H groups in total. The summed E-state index contributed by atoms with van der Waals surface area (Å²) >= 11 is 21.6. The van der Waals surface area contributed by atoms with Crippen LogP contribution in [0, 0.1) is 0 Å². The van der Waals surface area contributed by atoms with Gasteiger partial charge in [-0.3, -0.25) is 0 Å². The van der Waals surface area contributed by atoms with Crippen molar-refractivity contribution in [3.05, 3.63) is 0 Å². The van der Waals surface area contributed by atoms with Crippen molar-refractivity contribution in [3.63, 3.8) is 0 Å². The Labute approximate surface area is 102 Å². The lowest BCUT2D eigenvalue weighted by molar-refractivity contribution is 0.102. The Kier molecular flexibility index (Phi) is 5.53. The summed E-state index contributed by atoms with van der Waals surface area (Å²) in [5.74, 6) is 0. The highest BCUT2D eigenvalue weighted by atomic mass is 35.5. The zero-order valence-corrected chi connectivity index (χ0v) is 11.3. The van der Waals surface area contributed by atoms with Crippen LogP contribution in [0.1, 0.15) is 20.3 Å². The molecule has 0 radical (unpaired) electrons. The fraction of sp³-hybridized carbons (Fsp3) is 1.00. The Morgan fingerprint density at radius 1 is 1.29 bits per heavy atom. The maximum atomic E-state index is 11.2. The largest absolute Gasteiger partial charge is 0.477 e. The van der Waals surface area contributed by atoms with Crippen molar-refractivity contribution in [2.24, 2.45) is 0 Å². The van der Waals surface area contributed by atoms with E-state index in [-0.39, 0.29) is 6.42 Å². The average molecular weight is 306 g/mol. The smallest absolute Gasteiger partial charge is 0.302 e. The Morgan fingerprint density at radius 2 is 1.71 bits per heavy atom. The summed E-state index contributed by atoms with van der Waals surface area (Å²) < 4.78 is 16.2. The molecule has 0 rings (SSSR count). The van der Waals surface area contributed by atoms with Crippen LogP contribution in [0.5, 0.6) is 0 Å². The van der Waals surface area contributed by atoms with Gasteiger partial charge in [0.05, 0.1) is 0 Å². The molecule has 0 aliphatic carbocycles. The average Bonchev–Trinajstić information content (AvgIpc) is 1.78. The number of hydrogen-bond donors (Lipinski definition) is 1. The van der Waals surface area contributed by atoms with Gasteiger partial charge in [0.2, 0.25) is 9.04 Å². The summed E-state index contributed by atoms with van der Waals surface area (Å²) in [7, 11) is -4.48. The van der Waals surface area contributed by atoms with E-state index in [9.17, 15) is 4.57 Å². The van der Waals surface area contributed by atoms with E-state index in [0.717, 1.165) is 6.92 Å². The van der Waals surface area contributed by atoms with Crippen molar-refractivity contribution < 1.29 is 18.5 Å². The van der Waals surface area contributed by atoms with Crippen LogP contribution in [-0.2, 0) is 13.6 Å². The lowest BCUT2D eigenvalue weighted by Crippen LogP contribution is -2.19. The molecule has 0 aromatic carbocycles. The molecule has 0 aliphatic heterocycles. The lowest BCUT2D eigenvalue weighted by atomic mass is 10.5. The van der Waals surface area contributed by atoms with Crippen molar-refractivity contribution in [1.29, 1.82) is 0 Å². The molecule has 0 spiro atoms. The summed E-state index contributed by atoms with van der Waals surface area (Å²) in [6.07, 6.45) is 0.0886. The zero-order valence-electron chi connectivity index (χ0n) is 7.34. The normalized spacial score (nSPS) is 17.9. The number of halogens is 4. The van der Waals surface area contributed by atoms with E-state index in [2.05, 4.69) is 9.05 Å². The highest BCUT2D eigenvalue weighted by Gasteiger charge is 2.39. The number of phosphoric acid groups is 1. The zero-order chi connectivity index (χ0) is 11.6. The van der Waals surface area contributed by atoms with Gasteiger partial charge in [0.25, 0.3) is 0 Å². The van der Waals surface area contributed by atoms with Crippen LogP contribution < -0.4 is 0 Å². The standard InChI is InChI=1S/C5H9Cl4O4P/c1-3-5(8,9)13-14(10,11)12-4(2,6)7/h3H2,1-2H3,(H,10,11). The maximum Gasteiger partial charge on any atom is 0.477 e. The van der Waals surface area contributed by atoms with Crippen LogP contribution in [0.2, 0.25) is 0 Å². The summed E-state index contributed by atoms with van der Waals surface area (Å²) in [6.45, 7) is 2.71. The first-order chi connectivity index (χ1) is 5.97. The van der Waals surface area contributed by atoms with Crippen molar-refractivity contribution >= 4 is 54.2 Å². The summed E-state index contributed by atoms with van der Waals surface area (Å²) in [5.41, 5.74) is 0. The van der Waals surface area contributed by atoms with Crippen molar-refractivity contribution in [2.75, 3.05) is 0 Å². The van der Waals surface area contributed by atoms with Crippen molar-refractivity contribution in [2.45, 2.75) is 29.3 Å². The van der Waals surface area contributed by atoms with Gasteiger partial charge in [0.15, 0.2) is 0 Å². The molecule has 4 nitrogen and oxygen atoms in total. The third-order valence-electron chi connectivity index (χ3n) is 0.936. The van der Waals surface area contributed by atoms with Crippen molar-refractivity contribution in [1.82, 2.24) is 0 Å². The van der Waals surface area contributed by atoms with E-state index in [1.807, 2.05) is 0 Å². The highest BCUT2D eigenvalue weighted by molar-refractivity contribution is 7.47. The molecule has 0 aromatic heterocycles. The minimum atomic E-state index is -4.48. The second-order valence-corrected chi connectivity index (χ2v) is 6.80. The van der Waals surface area contributed by atoms with Crippen LogP contribution in [0.3, 0.4) is 0 Å². The SMILES string of the molecule is CCC(Cl)(Cl)OP(=O)(O)OC(C)(Cl)Cl. The second-order valence-electron chi connectivity index (χ2n) is 2.45. The molecule has 86 valence electrons. The molecule has 0 aromatic rings. The van der Waals surface area contributed by atoms with Gasteiger partial charge in [-0.05, 0) is 6.92 Å². The van der Waals surface area contributed by atoms with E-state index >= 15 is 0 Å². The van der Waals surface area contributed by atoms with Crippen LogP contribution >= 0.6 is 54.2 Å². The third kappa shape index (κ3) is 7.55. The van der Waals surface area contributed by atoms with E-state index in [0.29, 0.717) is 0 Å². The Morgan fingerprint density at radius 3 is 2.00 bits per heavy atom. The van der Waals surface area contributed by atoms with Crippen molar-refractivity contribution in [3.8, 4) is 0 Å². The molecule has 0 saturated heterocycles. The Hall–Kier alpha value is 1.27. The maximum absolute atomic E-state index is 11.2. The van der Waals surface area contributed by atoms with E-state index in [4.69, 9.17) is 51.3 Å². The fourth-order valence-corrected chi connectivity index (χ4v) is 2.41. The molecule has 0 heterocycles. The fourth-order valence-electron chi connectivity index (χ4n) is 0.455. The van der Waals surface area contributed by atoms with Gasteiger partial charge >= 0.3 is 7.82 Å². The van der Waals surface area contributed by atoms with Gasteiger partial charge in [0, 0.05) is 6.42 Å². The topological polar surface area (TPSA) is 55.8 Å². The number of hydrogen-bond acceptors (Lipinski definition) is 3. The predicted molar refractivity (Wildman–Crippen MR) is 56.8 cm³/mol. The first-order valence-corrected chi connectivity index (χ1v) is 6.48. The van der Waals surface area contributed by atoms with Gasteiger partial charge in [0.1, 0.15) is 0 Å². The number of rotatable bonds is 5. The van der Waals surface area contributed by atoms with E-state index in [1.54, 1.807) is 6.92 Å². The van der Waals surface area contributed by atoms with Gasteiger partial charge in [-0.15, -0.1) is 0 Å². The molecule has 0 amide bonds. The molecule has 0 bridgehead atoms. The van der Waals surface area contributed by atoms with Gasteiger partial charge in [-0.25, -0.2) is 13.6 Å². The lowest BCUT2D eigenvalue weighted by Gasteiger charge is -2.24. The molecule has 14 heavy (non-hydrogen) atoms. The van der Waals surface area contributed by atoms with Gasteiger partial charge < -0.3 is 4.89 Å². The Bertz CT molecular complexity index is 238. The Balaban J connectivity index is 4.43. The molecule has 1 unspecified atom stereocenters. The first-order valence-electron chi connectivity index (χ1n) is 3.47. The monoisotopic (exact) mass is 304 g/mol. The highest BCUT2D eigenvalue weighted by Crippen LogP contribution is 2.54. The molecule has 0 saturated carbocycles. The summed E-state index contributed by atoms with van der Waals surface area (Å²) in [6, 6.07) is 0. The van der Waals surface area contributed by atoms with Crippen LogP contribution in [-0.4, -0.2) is 13.9 Å². The predicted octanol–water partition coefficient (Wildman–Crippen LogP) is 3.81. The molecule has 0 fully saturated rings. The van der Waals surface area contributed by atoms with Crippen LogP contribution in [0.4, 0.5) is 0 Å².